The third kappa shape index (κ3) is 10.2. The molecular weight excluding hydrogens is 789 g/mol. The fourth-order valence-corrected chi connectivity index (χ4v) is 9.33. The molecular formula is C50H58N2O10. The smallest absolute Gasteiger partial charge is 0.339 e. The van der Waals surface area contributed by atoms with E-state index in [0.29, 0.717) is 42.1 Å². The van der Waals surface area contributed by atoms with Gasteiger partial charge in [-0.15, -0.1) is 0 Å². The molecule has 0 radical (unpaired) electrons. The van der Waals surface area contributed by atoms with Crippen molar-refractivity contribution in [3.8, 4) is 0 Å². The molecule has 0 bridgehead atoms. The monoisotopic (exact) mass is 846 g/mol. The third-order valence-corrected chi connectivity index (χ3v) is 12.6. The normalized spacial score (nSPS) is 25.5. The van der Waals surface area contributed by atoms with Crippen LogP contribution in [0.2, 0.25) is 0 Å². The molecule has 3 aliphatic carbocycles. The largest absolute Gasteiger partial charge is 0.460 e. The molecule has 3 aromatic rings. The molecule has 0 aromatic heterocycles. The first-order chi connectivity index (χ1) is 29.8. The van der Waals surface area contributed by atoms with Crippen molar-refractivity contribution >= 4 is 29.8 Å². The van der Waals surface area contributed by atoms with Crippen LogP contribution in [-0.4, -0.2) is 101 Å². The van der Waals surface area contributed by atoms with Crippen LogP contribution in [-0.2, 0) is 57.3 Å². The Hall–Kier alpha value is -5.14. The van der Waals surface area contributed by atoms with Crippen LogP contribution in [0.25, 0.3) is 6.08 Å². The number of aliphatic hydroxyl groups is 1. The Morgan fingerprint density at radius 3 is 2.35 bits per heavy atom. The Morgan fingerprint density at radius 1 is 0.935 bits per heavy atom. The molecule has 328 valence electrons. The van der Waals surface area contributed by atoms with E-state index in [4.69, 9.17) is 23.7 Å². The Bertz CT molecular complexity index is 2170. The number of hydrogen-bond donors (Lipinski definition) is 2. The number of carbonyl (C=O) groups excluding carboxylic acids is 4. The summed E-state index contributed by atoms with van der Waals surface area (Å²) in [4.78, 5) is 57.0. The summed E-state index contributed by atoms with van der Waals surface area (Å²) < 4.78 is 31.1. The van der Waals surface area contributed by atoms with Gasteiger partial charge in [0.25, 0.3) is 0 Å². The van der Waals surface area contributed by atoms with Crippen LogP contribution in [0.15, 0.2) is 96.6 Å². The Labute approximate surface area is 363 Å². The summed E-state index contributed by atoms with van der Waals surface area (Å²) in [7, 11) is 1.57. The zero-order valence-corrected chi connectivity index (χ0v) is 36.0. The van der Waals surface area contributed by atoms with Crippen molar-refractivity contribution in [2.45, 2.75) is 133 Å². The fourth-order valence-electron chi connectivity index (χ4n) is 9.33. The highest BCUT2D eigenvalue weighted by molar-refractivity contribution is 5.98. The van der Waals surface area contributed by atoms with Gasteiger partial charge in [0.05, 0.1) is 30.4 Å². The molecule has 2 aliphatic heterocycles. The molecule has 3 fully saturated rings. The Kier molecular flexibility index (Phi) is 12.8. The number of rotatable bonds is 14. The van der Waals surface area contributed by atoms with Crippen molar-refractivity contribution in [1.29, 1.82) is 0 Å². The van der Waals surface area contributed by atoms with Gasteiger partial charge in [0.1, 0.15) is 30.0 Å². The Balaban J connectivity index is 1.03. The molecule has 12 heteroatoms. The number of fused-ring (bicyclic) bond motifs is 3. The molecule has 3 unspecified atom stereocenters. The molecule has 1 saturated carbocycles. The van der Waals surface area contributed by atoms with E-state index in [-0.39, 0.29) is 25.7 Å². The SMILES string of the molecule is CN(C(=O)C1=C[C@H]2OC3(Cc4ccccc4C3)O[C@H]2[C@H](OC(=O)c2ccccc2C=CC2CCC3OC3C2)C1)[C@H](Cc1ccccc1)C(=O)N[C@H](CO)CCC(=O)OC(C)(C)C. The molecule has 1 spiro atoms. The minimum Gasteiger partial charge on any atom is -0.460 e. The van der Waals surface area contributed by atoms with E-state index in [1.165, 1.54) is 4.90 Å². The molecule has 12 nitrogen and oxygen atoms in total. The van der Waals surface area contributed by atoms with E-state index in [1.807, 2.05) is 60.7 Å². The topological polar surface area (TPSA) is 153 Å². The second kappa shape index (κ2) is 18.3. The highest BCUT2D eigenvalue weighted by Gasteiger charge is 2.55. The van der Waals surface area contributed by atoms with Gasteiger partial charge in [-0.1, -0.05) is 84.9 Å². The standard InChI is InChI=1S/C50H58N2O10/c1-49(2,3)61-44(54)23-21-37(30-53)51-46(55)39(24-31-12-6-5-7-13-31)52(4)47(56)36-26-42(45-43(27-36)60-50(62-45)28-34-15-8-9-16-35(34)29-50)59-48(57)38-17-11-10-14-33(38)20-18-32-19-22-40-41(25-32)58-40/h5-18,20,27,32,37,39-43,45,53H,19,21-26,28-30H2,1-4H3,(H,51,55)/t32?,37-,39+,40?,41?,42+,43+,45-/m0/s1. The molecule has 2 amide bonds. The van der Waals surface area contributed by atoms with E-state index in [2.05, 4.69) is 23.5 Å². The molecule has 2 saturated heterocycles. The molecule has 8 rings (SSSR count). The van der Waals surface area contributed by atoms with Gasteiger partial charge in [-0.3, -0.25) is 14.4 Å². The summed E-state index contributed by atoms with van der Waals surface area (Å²) in [6, 6.07) is 23.0. The van der Waals surface area contributed by atoms with Gasteiger partial charge >= 0.3 is 11.9 Å². The minimum absolute atomic E-state index is 0.0113. The molecule has 3 aromatic carbocycles. The average molecular weight is 847 g/mol. The molecule has 8 atom stereocenters. The summed E-state index contributed by atoms with van der Waals surface area (Å²) in [5.74, 6) is -2.53. The number of allylic oxidation sites excluding steroid dienone is 1. The molecule has 2 N–H and O–H groups in total. The van der Waals surface area contributed by atoms with Gasteiger partial charge in [-0.25, -0.2) is 4.79 Å². The van der Waals surface area contributed by atoms with Crippen LogP contribution in [0.3, 0.4) is 0 Å². The van der Waals surface area contributed by atoms with E-state index < -0.39 is 72.1 Å². The predicted octanol–water partition coefficient (Wildman–Crippen LogP) is 6.07. The highest BCUT2D eigenvalue weighted by atomic mass is 16.8. The lowest BCUT2D eigenvalue weighted by Crippen LogP contribution is -2.53. The van der Waals surface area contributed by atoms with Crippen molar-refractivity contribution in [3.63, 3.8) is 0 Å². The summed E-state index contributed by atoms with van der Waals surface area (Å²) >= 11 is 0. The lowest BCUT2D eigenvalue weighted by Gasteiger charge is -2.34. The maximum Gasteiger partial charge on any atom is 0.339 e. The summed E-state index contributed by atoms with van der Waals surface area (Å²) in [5.41, 5.74) is 3.85. The minimum atomic E-state index is -1.00. The number of carbonyl (C=O) groups is 4. The van der Waals surface area contributed by atoms with Crippen LogP contribution < -0.4 is 5.32 Å². The number of amides is 2. The van der Waals surface area contributed by atoms with Gasteiger partial charge in [-0.2, -0.15) is 0 Å². The lowest BCUT2D eigenvalue weighted by atomic mass is 9.88. The van der Waals surface area contributed by atoms with Crippen molar-refractivity contribution < 1.29 is 48.0 Å². The fraction of sp³-hybridized carbons (Fsp3) is 0.480. The van der Waals surface area contributed by atoms with Gasteiger partial charge in [-0.05, 0) is 86.8 Å². The number of nitrogens with zero attached hydrogens (tertiary/aromatic N) is 1. The summed E-state index contributed by atoms with van der Waals surface area (Å²) in [6.07, 6.45) is 8.78. The molecule has 2 heterocycles. The number of hydrogen-bond acceptors (Lipinski definition) is 10. The van der Waals surface area contributed by atoms with Crippen LogP contribution in [0.5, 0.6) is 0 Å². The first-order valence-corrected chi connectivity index (χ1v) is 22.0. The number of epoxide rings is 1. The van der Waals surface area contributed by atoms with Gasteiger partial charge < -0.3 is 39.0 Å². The number of likely N-dealkylation sites (N-methyl/N-ethyl adjacent to an activating group) is 1. The number of ether oxygens (including phenoxy) is 5. The average Bonchev–Trinajstić information content (AvgIpc) is 3.81. The van der Waals surface area contributed by atoms with E-state index in [1.54, 1.807) is 46.0 Å². The summed E-state index contributed by atoms with van der Waals surface area (Å²) in [5, 5.41) is 13.1. The van der Waals surface area contributed by atoms with Gasteiger partial charge in [0.2, 0.25) is 11.8 Å². The predicted molar refractivity (Wildman–Crippen MR) is 231 cm³/mol. The van der Waals surface area contributed by atoms with Gasteiger partial charge in [0.15, 0.2) is 5.79 Å². The van der Waals surface area contributed by atoms with Crippen LogP contribution in [0.1, 0.15) is 91.9 Å². The molecule has 5 aliphatic rings. The zero-order valence-electron chi connectivity index (χ0n) is 36.0. The van der Waals surface area contributed by atoms with Crippen LogP contribution >= 0.6 is 0 Å². The van der Waals surface area contributed by atoms with E-state index in [9.17, 15) is 24.3 Å². The summed E-state index contributed by atoms with van der Waals surface area (Å²) in [6.45, 7) is 4.91. The first kappa shape index (κ1) is 43.5. The third-order valence-electron chi connectivity index (χ3n) is 12.6. The quantitative estimate of drug-likeness (QED) is 0.145. The van der Waals surface area contributed by atoms with Crippen LogP contribution in [0, 0.1) is 5.92 Å². The van der Waals surface area contributed by atoms with Gasteiger partial charge in [0, 0.05) is 44.7 Å². The second-order valence-electron chi connectivity index (χ2n) is 18.4. The maximum atomic E-state index is 14.7. The first-order valence-electron chi connectivity index (χ1n) is 22.0. The van der Waals surface area contributed by atoms with E-state index in [0.717, 1.165) is 41.5 Å². The number of esters is 2. The maximum absolute atomic E-state index is 14.7. The van der Waals surface area contributed by atoms with Crippen molar-refractivity contribution in [3.05, 3.63) is 124 Å². The number of benzene rings is 3. The van der Waals surface area contributed by atoms with Crippen molar-refractivity contribution in [1.82, 2.24) is 10.2 Å². The number of nitrogens with one attached hydrogen (secondary N) is 1. The number of aliphatic hydroxyl groups excluding tert-OH is 1. The second-order valence-corrected chi connectivity index (χ2v) is 18.4. The van der Waals surface area contributed by atoms with E-state index >= 15 is 0 Å². The zero-order chi connectivity index (χ0) is 43.6. The molecule has 62 heavy (non-hydrogen) atoms. The Morgan fingerprint density at radius 2 is 1.65 bits per heavy atom. The van der Waals surface area contributed by atoms with Crippen molar-refractivity contribution in [2.24, 2.45) is 5.92 Å². The highest BCUT2D eigenvalue weighted by Crippen LogP contribution is 2.45. The van der Waals surface area contributed by atoms with Crippen molar-refractivity contribution in [2.75, 3.05) is 13.7 Å². The lowest BCUT2D eigenvalue weighted by molar-refractivity contribution is -0.172. The van der Waals surface area contributed by atoms with Crippen LogP contribution in [0.4, 0.5) is 0 Å².